The molecule has 9 nitrogen and oxygen atoms in total. The smallest absolute Gasteiger partial charge is 0.332 e. The second-order valence-corrected chi connectivity index (χ2v) is 6.64. The van der Waals surface area contributed by atoms with E-state index in [0.717, 1.165) is 28.5 Å². The lowest BCUT2D eigenvalue weighted by Gasteiger charge is -2.32. The lowest BCUT2D eigenvalue weighted by Crippen LogP contribution is -2.44. The predicted octanol–water partition coefficient (Wildman–Crippen LogP) is -1.17. The highest BCUT2D eigenvalue weighted by Crippen LogP contribution is 2.21. The lowest BCUT2D eigenvalue weighted by atomic mass is 9.93. The van der Waals surface area contributed by atoms with E-state index in [2.05, 4.69) is 0 Å². The van der Waals surface area contributed by atoms with E-state index in [1.807, 2.05) is 4.90 Å². The number of carbonyl (C=O) groups excluding carboxylic acids is 2. The van der Waals surface area contributed by atoms with Crippen molar-refractivity contribution in [1.29, 1.82) is 0 Å². The molecule has 0 aromatic carbocycles. The zero-order valence-corrected chi connectivity index (χ0v) is 14.7. The van der Waals surface area contributed by atoms with Crippen molar-refractivity contribution < 1.29 is 9.59 Å². The zero-order chi connectivity index (χ0) is 18.7. The van der Waals surface area contributed by atoms with Crippen LogP contribution in [0.1, 0.15) is 36.0 Å². The third kappa shape index (κ3) is 4.16. The Labute approximate surface area is 145 Å². The maximum atomic E-state index is 12.6. The molecule has 0 spiro atoms. The summed E-state index contributed by atoms with van der Waals surface area (Å²) < 4.78 is 1.98. The van der Waals surface area contributed by atoms with Crippen LogP contribution in [-0.2, 0) is 18.9 Å². The number of rotatable bonds is 6. The number of nitrogen functional groups attached to an aromatic ring is 1. The normalized spacial score (nSPS) is 18.2. The molecule has 0 radical (unpaired) electrons. The average Bonchev–Trinajstić information content (AvgIpc) is 2.57. The summed E-state index contributed by atoms with van der Waals surface area (Å²) in [5, 5.41) is 0. The molecule has 1 fully saturated rings. The van der Waals surface area contributed by atoms with E-state index in [1.165, 1.54) is 14.1 Å². The van der Waals surface area contributed by atoms with Crippen LogP contribution in [0.2, 0.25) is 0 Å². The molecule has 1 amide bonds. The summed E-state index contributed by atoms with van der Waals surface area (Å²) in [6.07, 6.45) is 2.93. The molecular weight excluding hydrogens is 326 g/mol. The molecule has 0 aliphatic carbocycles. The van der Waals surface area contributed by atoms with Gasteiger partial charge >= 0.3 is 5.69 Å². The molecule has 0 bridgehead atoms. The first-order valence-corrected chi connectivity index (χ1v) is 8.31. The molecule has 2 rings (SSSR count). The van der Waals surface area contributed by atoms with E-state index in [0.29, 0.717) is 25.3 Å². The van der Waals surface area contributed by atoms with E-state index in [4.69, 9.17) is 11.5 Å². The highest BCUT2D eigenvalue weighted by atomic mass is 16.2. The van der Waals surface area contributed by atoms with E-state index >= 15 is 0 Å². The summed E-state index contributed by atoms with van der Waals surface area (Å²) in [6.45, 7) is 1.47. The van der Waals surface area contributed by atoms with Gasteiger partial charge in [0.05, 0.1) is 6.54 Å². The first-order chi connectivity index (χ1) is 11.7. The Balaban J connectivity index is 2.14. The number of aromatic nitrogens is 2. The number of piperidine rings is 1. The predicted molar refractivity (Wildman–Crippen MR) is 93.3 cm³/mol. The minimum Gasteiger partial charge on any atom is -0.384 e. The number of anilines is 1. The van der Waals surface area contributed by atoms with Crippen LogP contribution in [0.25, 0.3) is 0 Å². The number of nitrogens with two attached hydrogens (primary N) is 2. The first-order valence-electron chi connectivity index (χ1n) is 8.31. The van der Waals surface area contributed by atoms with Crippen molar-refractivity contribution in [1.82, 2.24) is 14.0 Å². The van der Waals surface area contributed by atoms with Crippen LogP contribution < -0.4 is 22.7 Å². The molecule has 1 aliphatic heterocycles. The summed E-state index contributed by atoms with van der Waals surface area (Å²) in [4.78, 5) is 49.6. The number of hydrogen-bond acceptors (Lipinski definition) is 6. The van der Waals surface area contributed by atoms with Crippen LogP contribution in [0.5, 0.6) is 0 Å². The summed E-state index contributed by atoms with van der Waals surface area (Å²) in [5.74, 6) is -0.534. The van der Waals surface area contributed by atoms with Gasteiger partial charge in [-0.05, 0) is 31.7 Å². The van der Waals surface area contributed by atoms with Gasteiger partial charge in [0.15, 0.2) is 5.78 Å². The molecule has 9 heteroatoms. The molecule has 25 heavy (non-hydrogen) atoms. The van der Waals surface area contributed by atoms with Gasteiger partial charge in [0.2, 0.25) is 5.91 Å². The van der Waals surface area contributed by atoms with Crippen LogP contribution in [0.4, 0.5) is 5.82 Å². The monoisotopic (exact) mass is 351 g/mol. The topological polar surface area (TPSA) is 133 Å². The highest BCUT2D eigenvalue weighted by Gasteiger charge is 2.25. The Kier molecular flexibility index (Phi) is 5.78. The van der Waals surface area contributed by atoms with Gasteiger partial charge in [-0.3, -0.25) is 28.4 Å². The van der Waals surface area contributed by atoms with Crippen molar-refractivity contribution in [2.24, 2.45) is 25.7 Å². The summed E-state index contributed by atoms with van der Waals surface area (Å²) >= 11 is 0. The molecule has 0 saturated carbocycles. The van der Waals surface area contributed by atoms with Crippen LogP contribution in [0.3, 0.4) is 0 Å². The lowest BCUT2D eigenvalue weighted by molar-refractivity contribution is -0.118. The number of amides is 1. The maximum absolute atomic E-state index is 12.6. The van der Waals surface area contributed by atoms with Crippen molar-refractivity contribution >= 4 is 17.5 Å². The summed E-state index contributed by atoms with van der Waals surface area (Å²) in [7, 11) is 2.75. The van der Waals surface area contributed by atoms with Crippen LogP contribution in [-0.4, -0.2) is 45.4 Å². The number of primary amides is 1. The van der Waals surface area contributed by atoms with Crippen molar-refractivity contribution in [2.45, 2.75) is 25.7 Å². The van der Waals surface area contributed by atoms with Gasteiger partial charge in [0.1, 0.15) is 11.4 Å². The van der Waals surface area contributed by atoms with Crippen molar-refractivity contribution in [3.05, 3.63) is 26.4 Å². The van der Waals surface area contributed by atoms with Crippen molar-refractivity contribution in [2.75, 3.05) is 25.4 Å². The fraction of sp³-hybridized carbons (Fsp3) is 0.625. The quantitative estimate of drug-likeness (QED) is 0.620. The van der Waals surface area contributed by atoms with Gasteiger partial charge in [-0.2, -0.15) is 0 Å². The molecule has 1 aliphatic rings. The van der Waals surface area contributed by atoms with Gasteiger partial charge in [-0.25, -0.2) is 4.79 Å². The van der Waals surface area contributed by atoms with Gasteiger partial charge in [0, 0.05) is 27.1 Å². The standard InChI is InChI=1S/C16H25N5O4/c1-19-14(18)13(15(24)20(2)16(19)25)11(22)9-21-7-3-4-10(8-21)5-6-12(17)23/h10H,3-9,18H2,1-2H3,(H2,17,23). The summed E-state index contributed by atoms with van der Waals surface area (Å²) in [5.41, 5.74) is 9.63. The van der Waals surface area contributed by atoms with Gasteiger partial charge in [-0.1, -0.05) is 0 Å². The maximum Gasteiger partial charge on any atom is 0.332 e. The van der Waals surface area contributed by atoms with E-state index in [1.54, 1.807) is 0 Å². The number of nitrogens with zero attached hydrogens (tertiary/aromatic N) is 3. The van der Waals surface area contributed by atoms with Crippen molar-refractivity contribution in [3.8, 4) is 0 Å². The van der Waals surface area contributed by atoms with Crippen molar-refractivity contribution in [3.63, 3.8) is 0 Å². The Bertz CT molecular complexity index is 795. The van der Waals surface area contributed by atoms with Gasteiger partial charge < -0.3 is 11.5 Å². The molecular formula is C16H25N5O4. The van der Waals surface area contributed by atoms with E-state index in [-0.39, 0.29) is 23.8 Å². The summed E-state index contributed by atoms with van der Waals surface area (Å²) in [6, 6.07) is 0. The molecule has 138 valence electrons. The number of likely N-dealkylation sites (tertiary alicyclic amines) is 1. The van der Waals surface area contributed by atoms with Crippen LogP contribution in [0.15, 0.2) is 9.59 Å². The molecule has 2 heterocycles. The SMILES string of the molecule is Cn1c(N)c(C(=O)CN2CCCC(CCC(N)=O)C2)c(=O)n(C)c1=O. The molecule has 1 aromatic rings. The number of ketones is 1. The van der Waals surface area contributed by atoms with E-state index in [9.17, 15) is 19.2 Å². The van der Waals surface area contributed by atoms with Gasteiger partial charge in [-0.15, -0.1) is 0 Å². The number of Topliss-reactive ketones (excluding diaryl/α,β-unsaturated/α-hetero) is 1. The minimum absolute atomic E-state index is 0.0602. The second kappa shape index (κ2) is 7.64. The second-order valence-electron chi connectivity index (χ2n) is 6.64. The number of carbonyl (C=O) groups is 2. The molecule has 1 atom stereocenters. The highest BCUT2D eigenvalue weighted by molar-refractivity contribution is 6.01. The Morgan fingerprint density at radius 1 is 1.20 bits per heavy atom. The Hall–Kier alpha value is -2.42. The Morgan fingerprint density at radius 3 is 2.52 bits per heavy atom. The average molecular weight is 351 g/mol. The molecule has 1 saturated heterocycles. The largest absolute Gasteiger partial charge is 0.384 e. The fourth-order valence-corrected chi connectivity index (χ4v) is 3.28. The first kappa shape index (κ1) is 18.9. The Morgan fingerprint density at radius 2 is 1.88 bits per heavy atom. The zero-order valence-electron chi connectivity index (χ0n) is 14.7. The number of hydrogen-bond donors (Lipinski definition) is 2. The fourth-order valence-electron chi connectivity index (χ4n) is 3.28. The minimum atomic E-state index is -0.673. The third-order valence-corrected chi connectivity index (χ3v) is 4.76. The molecule has 1 unspecified atom stereocenters. The van der Waals surface area contributed by atoms with Gasteiger partial charge in [0.25, 0.3) is 5.56 Å². The molecule has 4 N–H and O–H groups in total. The van der Waals surface area contributed by atoms with E-state index < -0.39 is 17.0 Å². The molecule has 1 aromatic heterocycles. The van der Waals surface area contributed by atoms with Crippen LogP contribution in [0, 0.1) is 5.92 Å². The van der Waals surface area contributed by atoms with Crippen LogP contribution >= 0.6 is 0 Å². The third-order valence-electron chi connectivity index (χ3n) is 4.76.